The van der Waals surface area contributed by atoms with Crippen LogP contribution in [0.1, 0.15) is 16.1 Å². The highest BCUT2D eigenvalue weighted by molar-refractivity contribution is 6.02. The largest absolute Gasteiger partial charge is 0.358 e. The van der Waals surface area contributed by atoms with Crippen molar-refractivity contribution in [2.24, 2.45) is 0 Å². The Kier molecular flexibility index (Phi) is 4.01. The van der Waals surface area contributed by atoms with E-state index in [9.17, 15) is 19.3 Å². The molecular weight excluding hydrogens is 319 g/mol. The molecular formula is C14H11FN6O3. The number of anilines is 1. The lowest BCUT2D eigenvalue weighted by molar-refractivity contribution is -0.389. The van der Waals surface area contributed by atoms with E-state index in [1.165, 1.54) is 23.1 Å². The zero-order valence-corrected chi connectivity index (χ0v) is 12.1. The number of carbonyl (C=O) groups excluding carboxylic acids is 1. The van der Waals surface area contributed by atoms with Gasteiger partial charge in [0.25, 0.3) is 5.91 Å². The number of rotatable bonds is 5. The first-order valence-electron chi connectivity index (χ1n) is 6.80. The highest BCUT2D eigenvalue weighted by Crippen LogP contribution is 2.13. The smallest absolute Gasteiger partial charge is 0.343 e. The summed E-state index contributed by atoms with van der Waals surface area (Å²) in [5.41, 5.74) is 0.701. The Morgan fingerprint density at radius 3 is 2.92 bits per heavy atom. The third-order valence-electron chi connectivity index (χ3n) is 3.17. The third kappa shape index (κ3) is 3.27. The normalized spacial score (nSPS) is 10.5. The number of aromatic nitrogens is 4. The zero-order valence-electron chi connectivity index (χ0n) is 12.1. The van der Waals surface area contributed by atoms with E-state index in [4.69, 9.17) is 0 Å². The number of aromatic amines is 1. The van der Waals surface area contributed by atoms with Crippen LogP contribution in [-0.2, 0) is 6.54 Å². The van der Waals surface area contributed by atoms with Crippen molar-refractivity contribution in [3.8, 4) is 0 Å². The van der Waals surface area contributed by atoms with Crippen molar-refractivity contribution in [3.63, 3.8) is 0 Å². The van der Waals surface area contributed by atoms with Crippen molar-refractivity contribution in [3.05, 3.63) is 69.9 Å². The number of benzene rings is 1. The van der Waals surface area contributed by atoms with Crippen LogP contribution in [0.4, 0.5) is 15.9 Å². The van der Waals surface area contributed by atoms with E-state index in [1.54, 1.807) is 18.2 Å². The van der Waals surface area contributed by atoms with E-state index in [-0.39, 0.29) is 23.9 Å². The molecule has 0 fully saturated rings. The molecule has 2 N–H and O–H groups in total. The number of nitrogens with one attached hydrogen (secondary N) is 2. The molecule has 24 heavy (non-hydrogen) atoms. The number of nitro groups is 1. The van der Waals surface area contributed by atoms with E-state index < -0.39 is 10.8 Å². The summed E-state index contributed by atoms with van der Waals surface area (Å²) in [4.78, 5) is 21.8. The third-order valence-corrected chi connectivity index (χ3v) is 3.17. The number of H-pyrrole nitrogens is 1. The van der Waals surface area contributed by atoms with Crippen molar-refractivity contribution in [2.75, 3.05) is 5.32 Å². The number of halogens is 1. The lowest BCUT2D eigenvalue weighted by atomic mass is 10.2. The maximum atomic E-state index is 13.6. The van der Waals surface area contributed by atoms with E-state index in [2.05, 4.69) is 20.6 Å². The molecule has 1 amide bonds. The Bertz CT molecular complexity index is 903. The molecule has 0 saturated heterocycles. The van der Waals surface area contributed by atoms with Gasteiger partial charge < -0.3 is 15.4 Å². The number of hydrogen-bond donors (Lipinski definition) is 2. The molecule has 2 aromatic heterocycles. The van der Waals surface area contributed by atoms with Crippen molar-refractivity contribution in [2.45, 2.75) is 6.54 Å². The van der Waals surface area contributed by atoms with Gasteiger partial charge in [0.2, 0.25) is 0 Å². The van der Waals surface area contributed by atoms with Crippen LogP contribution in [0.2, 0.25) is 0 Å². The second-order valence-electron chi connectivity index (χ2n) is 4.87. The minimum absolute atomic E-state index is 0.122. The SMILES string of the molecule is O=C(Nc1cnn(Cc2ccccc2F)c1)c1cc([N+](=O)[O-])[nH]n1. The molecule has 0 bridgehead atoms. The first-order valence-corrected chi connectivity index (χ1v) is 6.80. The molecule has 2 heterocycles. The fraction of sp³-hybridized carbons (Fsp3) is 0.0714. The van der Waals surface area contributed by atoms with Gasteiger partial charge in [-0.15, -0.1) is 5.10 Å². The lowest BCUT2D eigenvalue weighted by Gasteiger charge is -2.02. The highest BCUT2D eigenvalue weighted by Gasteiger charge is 2.17. The van der Waals surface area contributed by atoms with E-state index in [0.717, 1.165) is 6.07 Å². The van der Waals surface area contributed by atoms with Crippen molar-refractivity contribution in [1.82, 2.24) is 20.0 Å². The van der Waals surface area contributed by atoms with Gasteiger partial charge in [-0.1, -0.05) is 23.3 Å². The minimum Gasteiger partial charge on any atom is -0.358 e. The monoisotopic (exact) mass is 330 g/mol. The zero-order chi connectivity index (χ0) is 17.1. The van der Waals surface area contributed by atoms with Crippen molar-refractivity contribution >= 4 is 17.4 Å². The standard InChI is InChI=1S/C14H11FN6O3/c15-11-4-2-1-3-9(11)7-20-8-10(6-16-20)17-14(22)12-5-13(19-18-12)21(23)24/h1-6,8H,7H2,(H,17,22)(H,18,19). The van der Waals surface area contributed by atoms with Gasteiger partial charge in [0.1, 0.15) is 5.82 Å². The average molecular weight is 330 g/mol. The summed E-state index contributed by atoms with van der Waals surface area (Å²) in [6, 6.07) is 7.33. The van der Waals surface area contributed by atoms with E-state index in [1.807, 2.05) is 0 Å². The van der Waals surface area contributed by atoms with Gasteiger partial charge in [-0.05, 0) is 11.0 Å². The van der Waals surface area contributed by atoms with Gasteiger partial charge in [0.15, 0.2) is 5.69 Å². The Hall–Kier alpha value is -3.56. The summed E-state index contributed by atoms with van der Waals surface area (Å²) in [6.45, 7) is 0.205. The summed E-state index contributed by atoms with van der Waals surface area (Å²) in [5.74, 6) is -1.34. The Labute approximate surface area is 134 Å². The minimum atomic E-state index is -0.684. The van der Waals surface area contributed by atoms with Crippen molar-refractivity contribution < 1.29 is 14.1 Å². The molecule has 0 aliphatic rings. The number of amides is 1. The molecule has 0 saturated carbocycles. The van der Waals surface area contributed by atoms with Crippen LogP contribution in [0.5, 0.6) is 0 Å². The first-order chi connectivity index (χ1) is 11.5. The van der Waals surface area contributed by atoms with Crippen LogP contribution >= 0.6 is 0 Å². The van der Waals surface area contributed by atoms with Crippen molar-refractivity contribution in [1.29, 1.82) is 0 Å². The van der Waals surface area contributed by atoms with E-state index in [0.29, 0.717) is 11.3 Å². The molecule has 1 aromatic carbocycles. The number of carbonyl (C=O) groups is 1. The molecule has 9 nitrogen and oxygen atoms in total. The van der Waals surface area contributed by atoms with Gasteiger partial charge in [-0.25, -0.2) is 4.39 Å². The molecule has 0 aliphatic heterocycles. The quantitative estimate of drug-likeness (QED) is 0.547. The molecule has 0 radical (unpaired) electrons. The van der Waals surface area contributed by atoms with E-state index >= 15 is 0 Å². The summed E-state index contributed by atoms with van der Waals surface area (Å²) < 4.78 is 15.1. The number of nitrogens with zero attached hydrogens (tertiary/aromatic N) is 4. The molecule has 3 rings (SSSR count). The van der Waals surface area contributed by atoms with Gasteiger partial charge in [0, 0.05) is 11.8 Å². The Morgan fingerprint density at radius 1 is 1.42 bits per heavy atom. The van der Waals surface area contributed by atoms with Crippen LogP contribution in [-0.4, -0.2) is 30.8 Å². The average Bonchev–Trinajstić information content (AvgIpc) is 3.19. The van der Waals surface area contributed by atoms with Crippen LogP contribution in [0, 0.1) is 15.9 Å². The summed E-state index contributed by atoms with van der Waals surface area (Å²) >= 11 is 0. The molecule has 0 spiro atoms. The van der Waals surface area contributed by atoms with Crippen LogP contribution in [0.25, 0.3) is 0 Å². The second kappa shape index (κ2) is 6.28. The van der Waals surface area contributed by atoms with Crippen LogP contribution < -0.4 is 5.32 Å². The van der Waals surface area contributed by atoms with Gasteiger partial charge in [-0.2, -0.15) is 5.10 Å². The molecule has 0 atom stereocenters. The van der Waals surface area contributed by atoms with Gasteiger partial charge in [-0.3, -0.25) is 9.48 Å². The first kappa shape index (κ1) is 15.3. The Morgan fingerprint density at radius 2 is 2.21 bits per heavy atom. The van der Waals surface area contributed by atoms with Gasteiger partial charge in [0.05, 0.1) is 24.5 Å². The lowest BCUT2D eigenvalue weighted by Crippen LogP contribution is -2.12. The molecule has 3 aromatic rings. The number of hydrogen-bond acceptors (Lipinski definition) is 5. The van der Waals surface area contributed by atoms with Crippen LogP contribution in [0.15, 0.2) is 42.7 Å². The molecule has 0 unspecified atom stereocenters. The fourth-order valence-corrected chi connectivity index (χ4v) is 2.03. The summed E-state index contributed by atoms with van der Waals surface area (Å²) in [5, 5.41) is 22.8. The van der Waals surface area contributed by atoms with Gasteiger partial charge >= 0.3 is 5.82 Å². The molecule has 0 aliphatic carbocycles. The molecule has 122 valence electrons. The predicted molar refractivity (Wildman–Crippen MR) is 80.9 cm³/mol. The molecule has 10 heteroatoms. The highest BCUT2D eigenvalue weighted by atomic mass is 19.1. The predicted octanol–water partition coefficient (Wildman–Crippen LogP) is 1.95. The summed E-state index contributed by atoms with van der Waals surface area (Å²) in [7, 11) is 0. The second-order valence-corrected chi connectivity index (χ2v) is 4.87. The maximum absolute atomic E-state index is 13.6. The van der Waals surface area contributed by atoms with Crippen LogP contribution in [0.3, 0.4) is 0 Å². The maximum Gasteiger partial charge on any atom is 0.343 e. The topological polar surface area (TPSA) is 119 Å². The fourth-order valence-electron chi connectivity index (χ4n) is 2.03. The summed E-state index contributed by atoms with van der Waals surface area (Å²) in [6.07, 6.45) is 2.91. The Balaban J connectivity index is 1.68.